The van der Waals surface area contributed by atoms with E-state index in [2.05, 4.69) is 31.7 Å². The maximum absolute atomic E-state index is 6.34. The summed E-state index contributed by atoms with van der Waals surface area (Å²) < 4.78 is 11.0. The first-order valence-electron chi connectivity index (χ1n) is 7.96. The van der Waals surface area contributed by atoms with Crippen LogP contribution in [-0.2, 0) is 4.74 Å². The van der Waals surface area contributed by atoms with Crippen LogP contribution in [0, 0.1) is 0 Å². The van der Waals surface area contributed by atoms with Gasteiger partial charge in [0.1, 0.15) is 5.75 Å². The summed E-state index contributed by atoms with van der Waals surface area (Å²) in [6.07, 6.45) is 3.14. The lowest BCUT2D eigenvalue weighted by molar-refractivity contribution is 0.202. The summed E-state index contributed by atoms with van der Waals surface area (Å²) >= 11 is 0. The molecule has 4 heteroatoms. The van der Waals surface area contributed by atoms with Crippen molar-refractivity contribution < 1.29 is 9.47 Å². The van der Waals surface area contributed by atoms with Gasteiger partial charge in [0.2, 0.25) is 0 Å². The van der Waals surface area contributed by atoms with Crippen molar-refractivity contribution in [2.45, 2.75) is 46.1 Å². The maximum atomic E-state index is 6.34. The molecule has 0 aromatic heterocycles. The van der Waals surface area contributed by atoms with Gasteiger partial charge in [0.05, 0.1) is 24.6 Å². The summed E-state index contributed by atoms with van der Waals surface area (Å²) in [6.45, 7) is 8.73. The average molecular weight is 294 g/mol. The minimum absolute atomic E-state index is 0.462. The Morgan fingerprint density at radius 1 is 1.14 bits per heavy atom. The number of nitrogen functional groups attached to an aromatic ring is 1. The highest BCUT2D eigenvalue weighted by atomic mass is 16.5. The summed E-state index contributed by atoms with van der Waals surface area (Å²) in [5.41, 5.74) is 8.12. The van der Waals surface area contributed by atoms with Crippen molar-refractivity contribution in [1.82, 2.24) is 0 Å². The minimum atomic E-state index is 0.462. The molecule has 120 valence electrons. The molecule has 0 unspecified atom stereocenters. The molecule has 4 nitrogen and oxygen atoms in total. The number of ether oxygens (including phenoxy) is 2. The van der Waals surface area contributed by atoms with Gasteiger partial charge in [-0.3, -0.25) is 0 Å². The van der Waals surface area contributed by atoms with Crippen molar-refractivity contribution in [1.29, 1.82) is 0 Å². The van der Waals surface area contributed by atoms with Crippen LogP contribution in [0.1, 0.15) is 40.0 Å². The maximum Gasteiger partial charge on any atom is 0.144 e. The molecule has 0 aliphatic carbocycles. The highest BCUT2D eigenvalue weighted by Gasteiger charge is 2.19. The van der Waals surface area contributed by atoms with Crippen LogP contribution in [0.25, 0.3) is 0 Å². The molecule has 1 rings (SSSR count). The average Bonchev–Trinajstić information content (AvgIpc) is 2.51. The molecule has 0 fully saturated rings. The fourth-order valence-corrected chi connectivity index (χ4v) is 2.54. The summed E-state index contributed by atoms with van der Waals surface area (Å²) in [5, 5.41) is 0. The van der Waals surface area contributed by atoms with Gasteiger partial charge < -0.3 is 20.1 Å². The van der Waals surface area contributed by atoms with Crippen molar-refractivity contribution in [2.24, 2.45) is 0 Å². The molecule has 0 spiro atoms. The number of benzene rings is 1. The van der Waals surface area contributed by atoms with Gasteiger partial charge >= 0.3 is 0 Å². The fraction of sp³-hybridized carbons (Fsp3) is 0.647. The molecule has 0 radical (unpaired) electrons. The largest absolute Gasteiger partial charge is 0.491 e. The van der Waals surface area contributed by atoms with E-state index in [-0.39, 0.29) is 0 Å². The third kappa shape index (κ3) is 4.81. The van der Waals surface area contributed by atoms with Crippen LogP contribution in [0.3, 0.4) is 0 Å². The molecule has 0 amide bonds. The van der Waals surface area contributed by atoms with Gasteiger partial charge in [-0.05, 0) is 31.4 Å². The third-order valence-corrected chi connectivity index (χ3v) is 3.73. The zero-order valence-electron chi connectivity index (χ0n) is 13.9. The second kappa shape index (κ2) is 9.50. The lowest BCUT2D eigenvalue weighted by Gasteiger charge is -2.33. The number of nitrogens with two attached hydrogens (primary N) is 1. The Kier molecular flexibility index (Phi) is 7.98. The van der Waals surface area contributed by atoms with E-state index < -0.39 is 0 Å². The molecular weight excluding hydrogens is 264 g/mol. The van der Waals surface area contributed by atoms with Crippen molar-refractivity contribution in [2.75, 3.05) is 37.5 Å². The Bertz CT molecular complexity index is 406. The SMILES string of the molecule is CCCOc1cccc(N(CCOC)C(CC)CC)c1N. The Morgan fingerprint density at radius 3 is 2.43 bits per heavy atom. The van der Waals surface area contributed by atoms with Crippen LogP contribution >= 0.6 is 0 Å². The van der Waals surface area contributed by atoms with E-state index in [9.17, 15) is 0 Å². The van der Waals surface area contributed by atoms with Gasteiger partial charge in [0.15, 0.2) is 0 Å². The molecule has 0 aliphatic heterocycles. The lowest BCUT2D eigenvalue weighted by atomic mass is 10.1. The van der Waals surface area contributed by atoms with E-state index in [1.54, 1.807) is 7.11 Å². The molecular formula is C17H30N2O2. The van der Waals surface area contributed by atoms with Gasteiger partial charge in [0.25, 0.3) is 0 Å². The van der Waals surface area contributed by atoms with Gasteiger partial charge in [-0.25, -0.2) is 0 Å². The quantitative estimate of drug-likeness (QED) is 0.668. The summed E-state index contributed by atoms with van der Waals surface area (Å²) in [5.74, 6) is 0.780. The second-order valence-electron chi connectivity index (χ2n) is 5.19. The molecule has 21 heavy (non-hydrogen) atoms. The van der Waals surface area contributed by atoms with E-state index >= 15 is 0 Å². The number of hydrogen-bond acceptors (Lipinski definition) is 4. The fourth-order valence-electron chi connectivity index (χ4n) is 2.54. The van der Waals surface area contributed by atoms with Crippen molar-refractivity contribution in [3.8, 4) is 5.75 Å². The lowest BCUT2D eigenvalue weighted by Crippen LogP contribution is -2.37. The van der Waals surface area contributed by atoms with Gasteiger partial charge in [0, 0.05) is 19.7 Å². The van der Waals surface area contributed by atoms with Crippen LogP contribution in [0.5, 0.6) is 5.75 Å². The van der Waals surface area contributed by atoms with Gasteiger partial charge in [-0.15, -0.1) is 0 Å². The molecule has 1 aromatic carbocycles. The Balaban J connectivity index is 3.05. The standard InChI is InChI=1S/C17H30N2O2/c1-5-12-21-16-10-8-9-15(17(16)18)19(11-13-20-4)14(6-2)7-3/h8-10,14H,5-7,11-13,18H2,1-4H3. The zero-order chi connectivity index (χ0) is 15.7. The second-order valence-corrected chi connectivity index (χ2v) is 5.19. The highest BCUT2D eigenvalue weighted by Crippen LogP contribution is 2.34. The highest BCUT2D eigenvalue weighted by molar-refractivity contribution is 5.74. The van der Waals surface area contributed by atoms with Crippen molar-refractivity contribution in [3.63, 3.8) is 0 Å². The predicted molar refractivity (Wildman–Crippen MR) is 90.2 cm³/mol. The van der Waals surface area contributed by atoms with E-state index in [1.807, 2.05) is 12.1 Å². The van der Waals surface area contributed by atoms with E-state index in [0.717, 1.165) is 42.9 Å². The van der Waals surface area contributed by atoms with E-state index in [4.69, 9.17) is 15.2 Å². The number of rotatable bonds is 10. The monoisotopic (exact) mass is 294 g/mol. The number of methoxy groups -OCH3 is 1. The van der Waals surface area contributed by atoms with Crippen LogP contribution in [-0.4, -0.2) is 32.9 Å². The van der Waals surface area contributed by atoms with Gasteiger partial charge in [-0.2, -0.15) is 0 Å². The first-order chi connectivity index (χ1) is 10.2. The van der Waals surface area contributed by atoms with Crippen LogP contribution in [0.2, 0.25) is 0 Å². The normalized spacial score (nSPS) is 10.9. The smallest absolute Gasteiger partial charge is 0.144 e. The van der Waals surface area contributed by atoms with E-state index in [0.29, 0.717) is 19.3 Å². The third-order valence-electron chi connectivity index (χ3n) is 3.73. The van der Waals surface area contributed by atoms with E-state index in [1.165, 1.54) is 0 Å². The molecule has 0 aliphatic rings. The van der Waals surface area contributed by atoms with Crippen molar-refractivity contribution >= 4 is 11.4 Å². The molecule has 0 heterocycles. The molecule has 1 aromatic rings. The summed E-state index contributed by atoms with van der Waals surface area (Å²) in [7, 11) is 1.73. The summed E-state index contributed by atoms with van der Waals surface area (Å²) in [4.78, 5) is 2.34. The first kappa shape index (κ1) is 17.6. The Hall–Kier alpha value is -1.42. The molecule has 0 saturated carbocycles. The van der Waals surface area contributed by atoms with Crippen LogP contribution in [0.4, 0.5) is 11.4 Å². The predicted octanol–water partition coefficient (Wildman–Crippen LogP) is 3.70. The molecule has 0 saturated heterocycles. The Morgan fingerprint density at radius 2 is 1.86 bits per heavy atom. The zero-order valence-corrected chi connectivity index (χ0v) is 13.9. The molecule has 0 bridgehead atoms. The topological polar surface area (TPSA) is 47.7 Å². The number of para-hydroxylation sites is 1. The minimum Gasteiger partial charge on any atom is -0.491 e. The molecule has 2 N–H and O–H groups in total. The summed E-state index contributed by atoms with van der Waals surface area (Å²) in [6, 6.07) is 6.49. The molecule has 0 atom stereocenters. The van der Waals surface area contributed by atoms with Crippen LogP contribution < -0.4 is 15.4 Å². The number of hydrogen-bond donors (Lipinski definition) is 1. The Labute approximate surface area is 129 Å². The van der Waals surface area contributed by atoms with Crippen LogP contribution in [0.15, 0.2) is 18.2 Å². The number of nitrogens with zero attached hydrogens (tertiary/aromatic N) is 1. The van der Waals surface area contributed by atoms with Crippen molar-refractivity contribution in [3.05, 3.63) is 18.2 Å². The van der Waals surface area contributed by atoms with Gasteiger partial charge in [-0.1, -0.05) is 26.8 Å². The first-order valence-corrected chi connectivity index (χ1v) is 7.96. The number of anilines is 2.